The van der Waals surface area contributed by atoms with Crippen molar-refractivity contribution in [3.8, 4) is 0 Å². The molecule has 0 spiro atoms. The van der Waals surface area contributed by atoms with Crippen LogP contribution in [0.15, 0.2) is 24.5 Å². The van der Waals surface area contributed by atoms with Crippen molar-refractivity contribution >= 4 is 11.8 Å². The van der Waals surface area contributed by atoms with Gasteiger partial charge in [0.2, 0.25) is 5.91 Å². The molecule has 3 atom stereocenters. The number of hydrogen-bond donors (Lipinski definition) is 3. The van der Waals surface area contributed by atoms with Gasteiger partial charge in [0.05, 0.1) is 18.8 Å². The van der Waals surface area contributed by atoms with Crippen LogP contribution in [0.5, 0.6) is 0 Å². The standard InChI is InChI=1S/C20H29N3O5/c24-13-18-17(23-20(26)14-3-8-21-9-4-14)2-1-16(28-18)5-10-22-19(25)15-6-11-27-12-7-15/h3-4,8-9,15-18,24H,1-2,5-7,10-13H2,(H,22,25)(H,23,26)/t16-,17-,18+/m0/s1. The van der Waals surface area contributed by atoms with E-state index in [4.69, 9.17) is 9.47 Å². The normalized spacial score (nSPS) is 25.8. The fourth-order valence-electron chi connectivity index (χ4n) is 3.72. The Morgan fingerprint density at radius 1 is 1.14 bits per heavy atom. The van der Waals surface area contributed by atoms with Gasteiger partial charge in [-0.15, -0.1) is 0 Å². The van der Waals surface area contributed by atoms with Crippen LogP contribution >= 0.6 is 0 Å². The molecule has 0 radical (unpaired) electrons. The summed E-state index contributed by atoms with van der Waals surface area (Å²) in [6.07, 6.45) is 6.38. The zero-order chi connectivity index (χ0) is 19.8. The Morgan fingerprint density at radius 2 is 1.89 bits per heavy atom. The predicted molar refractivity (Wildman–Crippen MR) is 102 cm³/mol. The predicted octanol–water partition coefficient (Wildman–Crippen LogP) is 0.653. The number of amides is 2. The van der Waals surface area contributed by atoms with Crippen molar-refractivity contribution in [3.05, 3.63) is 30.1 Å². The highest BCUT2D eigenvalue weighted by atomic mass is 16.5. The number of nitrogens with one attached hydrogen (secondary N) is 2. The molecule has 154 valence electrons. The van der Waals surface area contributed by atoms with Gasteiger partial charge in [-0.2, -0.15) is 0 Å². The molecule has 1 aromatic heterocycles. The van der Waals surface area contributed by atoms with Crippen LogP contribution in [0, 0.1) is 5.92 Å². The number of rotatable bonds is 7. The van der Waals surface area contributed by atoms with Gasteiger partial charge in [-0.1, -0.05) is 0 Å². The Balaban J connectivity index is 1.41. The van der Waals surface area contributed by atoms with Gasteiger partial charge in [0.15, 0.2) is 0 Å². The number of aliphatic hydroxyl groups is 1. The van der Waals surface area contributed by atoms with Gasteiger partial charge in [-0.05, 0) is 44.2 Å². The number of hydrogen-bond acceptors (Lipinski definition) is 6. The van der Waals surface area contributed by atoms with Crippen LogP contribution in [0.2, 0.25) is 0 Å². The molecular formula is C20H29N3O5. The van der Waals surface area contributed by atoms with Gasteiger partial charge in [0, 0.05) is 43.6 Å². The van der Waals surface area contributed by atoms with Crippen molar-refractivity contribution in [1.29, 1.82) is 0 Å². The van der Waals surface area contributed by atoms with Crippen molar-refractivity contribution in [2.45, 2.75) is 50.4 Å². The van der Waals surface area contributed by atoms with E-state index >= 15 is 0 Å². The molecule has 3 N–H and O–H groups in total. The second kappa shape index (κ2) is 10.5. The minimum Gasteiger partial charge on any atom is -0.394 e. The quantitative estimate of drug-likeness (QED) is 0.630. The van der Waals surface area contributed by atoms with Crippen LogP contribution in [0.1, 0.15) is 42.5 Å². The Kier molecular flexibility index (Phi) is 7.76. The average Bonchev–Trinajstić information content (AvgIpc) is 2.75. The first-order chi connectivity index (χ1) is 13.7. The summed E-state index contributed by atoms with van der Waals surface area (Å²) >= 11 is 0. The van der Waals surface area contributed by atoms with Gasteiger partial charge in [-0.25, -0.2) is 0 Å². The Labute approximate surface area is 165 Å². The van der Waals surface area contributed by atoms with Crippen molar-refractivity contribution in [1.82, 2.24) is 15.6 Å². The maximum atomic E-state index is 12.3. The SMILES string of the molecule is O=C(N[C@H]1CC[C@@H](CCNC(=O)C2CCOCC2)O[C@@H]1CO)c1ccncc1. The summed E-state index contributed by atoms with van der Waals surface area (Å²) in [5.41, 5.74) is 0.532. The number of aliphatic hydroxyl groups excluding tert-OH is 1. The zero-order valence-corrected chi connectivity index (χ0v) is 16.0. The topological polar surface area (TPSA) is 110 Å². The summed E-state index contributed by atoms with van der Waals surface area (Å²) < 4.78 is 11.2. The van der Waals surface area contributed by atoms with E-state index < -0.39 is 6.10 Å². The molecule has 8 heteroatoms. The highest BCUT2D eigenvalue weighted by molar-refractivity contribution is 5.94. The van der Waals surface area contributed by atoms with Gasteiger partial charge >= 0.3 is 0 Å². The fraction of sp³-hybridized carbons (Fsp3) is 0.650. The zero-order valence-electron chi connectivity index (χ0n) is 16.0. The third-order valence-electron chi connectivity index (χ3n) is 5.41. The van der Waals surface area contributed by atoms with Crippen molar-refractivity contribution in [3.63, 3.8) is 0 Å². The van der Waals surface area contributed by atoms with E-state index in [0.717, 1.165) is 25.7 Å². The second-order valence-corrected chi connectivity index (χ2v) is 7.34. The molecule has 1 aromatic rings. The van der Waals surface area contributed by atoms with Gasteiger partial charge in [0.25, 0.3) is 5.91 Å². The molecule has 2 aliphatic heterocycles. The van der Waals surface area contributed by atoms with Gasteiger partial charge in [-0.3, -0.25) is 14.6 Å². The lowest BCUT2D eigenvalue weighted by molar-refractivity contribution is -0.128. The molecular weight excluding hydrogens is 362 g/mol. The third-order valence-corrected chi connectivity index (χ3v) is 5.41. The molecule has 2 amide bonds. The monoisotopic (exact) mass is 391 g/mol. The van der Waals surface area contributed by atoms with E-state index in [1.54, 1.807) is 24.5 Å². The largest absolute Gasteiger partial charge is 0.394 e. The second-order valence-electron chi connectivity index (χ2n) is 7.34. The Hall–Kier alpha value is -2.03. The number of nitrogens with zero attached hydrogens (tertiary/aromatic N) is 1. The van der Waals surface area contributed by atoms with E-state index in [2.05, 4.69) is 15.6 Å². The van der Waals surface area contributed by atoms with Crippen LogP contribution in [-0.2, 0) is 14.3 Å². The Morgan fingerprint density at radius 3 is 2.61 bits per heavy atom. The maximum absolute atomic E-state index is 12.3. The lowest BCUT2D eigenvalue weighted by Crippen LogP contribution is -2.51. The minimum absolute atomic E-state index is 0.0405. The molecule has 28 heavy (non-hydrogen) atoms. The van der Waals surface area contributed by atoms with Crippen LogP contribution in [0.4, 0.5) is 0 Å². The smallest absolute Gasteiger partial charge is 0.251 e. The highest BCUT2D eigenvalue weighted by Crippen LogP contribution is 2.22. The van der Waals surface area contributed by atoms with Crippen molar-refractivity contribution < 1.29 is 24.2 Å². The maximum Gasteiger partial charge on any atom is 0.251 e. The van der Waals surface area contributed by atoms with Crippen LogP contribution < -0.4 is 10.6 Å². The molecule has 0 aromatic carbocycles. The third kappa shape index (κ3) is 5.73. The molecule has 0 saturated carbocycles. The summed E-state index contributed by atoms with van der Waals surface area (Å²) in [7, 11) is 0. The number of pyridine rings is 1. The summed E-state index contributed by atoms with van der Waals surface area (Å²) in [5.74, 6) is -0.0732. The summed E-state index contributed by atoms with van der Waals surface area (Å²) in [5, 5.41) is 15.6. The first-order valence-electron chi connectivity index (χ1n) is 10.00. The molecule has 3 rings (SSSR count). The number of carbonyl (C=O) groups excluding carboxylic acids is 2. The minimum atomic E-state index is -0.448. The van der Waals surface area contributed by atoms with Crippen molar-refractivity contribution in [2.24, 2.45) is 5.92 Å². The number of carbonyl (C=O) groups is 2. The molecule has 2 saturated heterocycles. The number of ether oxygens (including phenoxy) is 2. The summed E-state index contributed by atoms with van der Waals surface area (Å²) in [6, 6.07) is 3.06. The summed E-state index contributed by atoms with van der Waals surface area (Å²) in [4.78, 5) is 28.4. The van der Waals surface area contributed by atoms with Gasteiger partial charge in [0.1, 0.15) is 6.10 Å². The van der Waals surface area contributed by atoms with E-state index in [0.29, 0.717) is 31.7 Å². The highest BCUT2D eigenvalue weighted by Gasteiger charge is 2.32. The van der Waals surface area contributed by atoms with Crippen LogP contribution in [0.25, 0.3) is 0 Å². The number of aromatic nitrogens is 1. The molecule has 3 heterocycles. The van der Waals surface area contributed by atoms with Crippen LogP contribution in [-0.4, -0.2) is 66.5 Å². The van der Waals surface area contributed by atoms with E-state index in [1.807, 2.05) is 0 Å². The first kappa shape index (κ1) is 20.7. The fourth-order valence-corrected chi connectivity index (χ4v) is 3.72. The van der Waals surface area contributed by atoms with E-state index in [-0.39, 0.29) is 36.5 Å². The van der Waals surface area contributed by atoms with E-state index in [1.165, 1.54) is 0 Å². The molecule has 8 nitrogen and oxygen atoms in total. The lowest BCUT2D eigenvalue weighted by Gasteiger charge is -2.36. The van der Waals surface area contributed by atoms with E-state index in [9.17, 15) is 14.7 Å². The molecule has 2 aliphatic rings. The molecule has 2 fully saturated rings. The Bertz CT molecular complexity index is 636. The van der Waals surface area contributed by atoms with Gasteiger partial charge < -0.3 is 25.2 Å². The van der Waals surface area contributed by atoms with Crippen molar-refractivity contribution in [2.75, 3.05) is 26.4 Å². The lowest BCUT2D eigenvalue weighted by atomic mass is 9.96. The molecule has 0 unspecified atom stereocenters. The molecule has 0 aliphatic carbocycles. The summed E-state index contributed by atoms with van der Waals surface area (Å²) in [6.45, 7) is 1.68. The average molecular weight is 391 g/mol. The first-order valence-corrected chi connectivity index (χ1v) is 10.00. The van der Waals surface area contributed by atoms with Crippen LogP contribution in [0.3, 0.4) is 0 Å². The molecule has 0 bridgehead atoms.